The van der Waals surface area contributed by atoms with Crippen molar-refractivity contribution in [3.8, 4) is 0 Å². The maximum Gasteiger partial charge on any atom is 0.335 e. The summed E-state index contributed by atoms with van der Waals surface area (Å²) >= 11 is 0. The van der Waals surface area contributed by atoms with Crippen LogP contribution in [0.1, 0.15) is 0 Å². The van der Waals surface area contributed by atoms with E-state index >= 15 is 0 Å². The van der Waals surface area contributed by atoms with Crippen LogP contribution in [0.4, 0.5) is 0 Å². The summed E-state index contributed by atoms with van der Waals surface area (Å²) in [5.74, 6) is -1.59. The number of hydrogen-bond acceptors (Lipinski definition) is 8. The fraction of sp³-hybridized carbons (Fsp3) is 0.889. The number of ether oxygens (including phenoxy) is 1. The zero-order valence-electron chi connectivity index (χ0n) is 9.20. The minimum absolute atomic E-state index is 0.843. The van der Waals surface area contributed by atoms with Gasteiger partial charge in [0.05, 0.1) is 6.61 Å². The molecule has 106 valence electrons. The highest BCUT2D eigenvalue weighted by atomic mass is 16.6. The Morgan fingerprint density at radius 2 is 1.67 bits per heavy atom. The van der Waals surface area contributed by atoms with E-state index in [2.05, 4.69) is 0 Å². The third kappa shape index (κ3) is 2.78. The summed E-state index contributed by atoms with van der Waals surface area (Å²) in [6.45, 7) is -0.843. The standard InChI is InChI=1S/C9H16O9/c10-1-2(11)3(12)7-5(14)4(13)6(15)8(18-7)9(16)17/h2-8,10-15H,1H2,(H,16,17)/t2?,3?,4-,5-,6+,7?,8+/m1/s1. The quantitative estimate of drug-likeness (QED) is 0.266. The molecule has 7 atom stereocenters. The van der Waals surface area contributed by atoms with Crippen LogP contribution in [-0.4, -0.2) is 91.0 Å². The molecule has 1 rings (SSSR count). The average molecular weight is 268 g/mol. The second kappa shape index (κ2) is 5.89. The predicted molar refractivity (Wildman–Crippen MR) is 53.4 cm³/mol. The summed E-state index contributed by atoms with van der Waals surface area (Å²) in [6, 6.07) is 0. The van der Waals surface area contributed by atoms with Crippen molar-refractivity contribution in [2.75, 3.05) is 6.61 Å². The van der Waals surface area contributed by atoms with Gasteiger partial charge < -0.3 is 40.5 Å². The SMILES string of the molecule is O=C(O)[C@H]1OC(C(O)C(O)CO)[C@H](O)[C@@H](O)[C@@H]1O. The van der Waals surface area contributed by atoms with Gasteiger partial charge in [-0.25, -0.2) is 4.79 Å². The lowest BCUT2D eigenvalue weighted by molar-refractivity contribution is -0.253. The van der Waals surface area contributed by atoms with E-state index in [1.54, 1.807) is 0 Å². The molecule has 1 saturated heterocycles. The molecule has 0 radical (unpaired) electrons. The average Bonchev–Trinajstić information content (AvgIpc) is 2.34. The zero-order chi connectivity index (χ0) is 14.0. The lowest BCUT2D eigenvalue weighted by Gasteiger charge is -2.41. The summed E-state index contributed by atoms with van der Waals surface area (Å²) in [7, 11) is 0. The van der Waals surface area contributed by atoms with Crippen LogP contribution in [0.25, 0.3) is 0 Å². The van der Waals surface area contributed by atoms with Crippen LogP contribution in [0.5, 0.6) is 0 Å². The first-order valence-electron chi connectivity index (χ1n) is 5.20. The third-order valence-corrected chi connectivity index (χ3v) is 2.81. The van der Waals surface area contributed by atoms with Gasteiger partial charge in [-0.05, 0) is 0 Å². The molecule has 1 fully saturated rings. The van der Waals surface area contributed by atoms with Gasteiger partial charge in [0.15, 0.2) is 6.10 Å². The predicted octanol–water partition coefficient (Wildman–Crippen LogP) is -4.36. The van der Waals surface area contributed by atoms with Crippen molar-refractivity contribution in [3.05, 3.63) is 0 Å². The maximum absolute atomic E-state index is 10.8. The minimum atomic E-state index is -1.87. The van der Waals surface area contributed by atoms with Gasteiger partial charge in [-0.2, -0.15) is 0 Å². The molecular weight excluding hydrogens is 252 g/mol. The molecule has 9 heteroatoms. The van der Waals surface area contributed by atoms with Gasteiger partial charge >= 0.3 is 5.97 Å². The highest BCUT2D eigenvalue weighted by molar-refractivity contribution is 5.73. The number of carboxylic acid groups (broad SMARTS) is 1. The molecule has 0 spiro atoms. The molecule has 3 unspecified atom stereocenters. The highest BCUT2D eigenvalue weighted by Crippen LogP contribution is 2.24. The normalized spacial score (nSPS) is 40.2. The van der Waals surface area contributed by atoms with Crippen LogP contribution in [-0.2, 0) is 9.53 Å². The number of aliphatic carboxylic acids is 1. The van der Waals surface area contributed by atoms with Crippen molar-refractivity contribution in [1.29, 1.82) is 0 Å². The van der Waals surface area contributed by atoms with E-state index in [0.29, 0.717) is 0 Å². The van der Waals surface area contributed by atoms with Crippen molar-refractivity contribution in [3.63, 3.8) is 0 Å². The number of aliphatic hydroxyl groups is 6. The number of rotatable bonds is 4. The number of carboxylic acids is 1. The first kappa shape index (κ1) is 15.2. The van der Waals surface area contributed by atoms with Crippen molar-refractivity contribution >= 4 is 5.97 Å². The van der Waals surface area contributed by atoms with Gasteiger partial charge in [0.2, 0.25) is 0 Å². The largest absolute Gasteiger partial charge is 0.479 e. The Morgan fingerprint density at radius 1 is 1.11 bits per heavy atom. The van der Waals surface area contributed by atoms with Gasteiger partial charge in [-0.1, -0.05) is 0 Å². The topological polar surface area (TPSA) is 168 Å². The van der Waals surface area contributed by atoms with Crippen molar-refractivity contribution < 1.29 is 45.3 Å². The Balaban J connectivity index is 2.88. The smallest absolute Gasteiger partial charge is 0.335 e. The second-order valence-electron chi connectivity index (χ2n) is 4.07. The number of hydrogen-bond donors (Lipinski definition) is 7. The van der Waals surface area contributed by atoms with Crippen LogP contribution in [0.15, 0.2) is 0 Å². The Bertz CT molecular complexity index is 292. The van der Waals surface area contributed by atoms with E-state index in [1.807, 2.05) is 0 Å². The van der Waals surface area contributed by atoms with E-state index in [0.717, 1.165) is 0 Å². The fourth-order valence-corrected chi connectivity index (χ4v) is 1.72. The van der Waals surface area contributed by atoms with Crippen molar-refractivity contribution in [2.45, 2.75) is 42.7 Å². The highest BCUT2D eigenvalue weighted by Gasteiger charge is 2.50. The molecule has 0 bridgehead atoms. The van der Waals surface area contributed by atoms with E-state index in [4.69, 9.17) is 14.9 Å². The van der Waals surface area contributed by atoms with E-state index in [1.165, 1.54) is 0 Å². The number of carbonyl (C=O) groups is 1. The van der Waals surface area contributed by atoms with Gasteiger partial charge in [-0.3, -0.25) is 0 Å². The van der Waals surface area contributed by atoms with Crippen LogP contribution in [0.2, 0.25) is 0 Å². The van der Waals surface area contributed by atoms with Crippen molar-refractivity contribution in [2.24, 2.45) is 0 Å². The number of aliphatic hydroxyl groups excluding tert-OH is 6. The molecule has 0 aromatic carbocycles. The van der Waals surface area contributed by atoms with Crippen LogP contribution in [0.3, 0.4) is 0 Å². The summed E-state index contributed by atoms with van der Waals surface area (Å²) < 4.78 is 4.75. The molecule has 0 amide bonds. The first-order chi connectivity index (χ1) is 8.31. The Kier molecular flexibility index (Phi) is 4.99. The lowest BCUT2D eigenvalue weighted by atomic mass is 9.90. The van der Waals surface area contributed by atoms with E-state index in [-0.39, 0.29) is 0 Å². The first-order valence-corrected chi connectivity index (χ1v) is 5.20. The molecule has 0 saturated carbocycles. The Morgan fingerprint density at radius 3 is 2.11 bits per heavy atom. The minimum Gasteiger partial charge on any atom is -0.479 e. The molecule has 1 heterocycles. The maximum atomic E-state index is 10.8. The molecule has 1 aliphatic heterocycles. The van der Waals surface area contributed by atoms with Gasteiger partial charge in [0, 0.05) is 0 Å². The van der Waals surface area contributed by atoms with Crippen LogP contribution in [0, 0.1) is 0 Å². The molecule has 9 nitrogen and oxygen atoms in total. The summed E-state index contributed by atoms with van der Waals surface area (Å²) in [5.41, 5.74) is 0. The van der Waals surface area contributed by atoms with Gasteiger partial charge in [0.1, 0.15) is 36.6 Å². The molecule has 0 aromatic rings. The van der Waals surface area contributed by atoms with Crippen LogP contribution < -0.4 is 0 Å². The molecule has 18 heavy (non-hydrogen) atoms. The molecule has 0 aromatic heterocycles. The summed E-state index contributed by atoms with van der Waals surface area (Å²) in [6.07, 6.45) is -12.5. The zero-order valence-corrected chi connectivity index (χ0v) is 9.20. The lowest BCUT2D eigenvalue weighted by Crippen LogP contribution is -2.64. The van der Waals surface area contributed by atoms with Crippen molar-refractivity contribution in [1.82, 2.24) is 0 Å². The van der Waals surface area contributed by atoms with E-state index < -0.39 is 55.3 Å². The monoisotopic (exact) mass is 268 g/mol. The Labute approximate surface area is 101 Å². The van der Waals surface area contributed by atoms with Crippen LogP contribution >= 0.6 is 0 Å². The Hall–Kier alpha value is -0.810. The third-order valence-electron chi connectivity index (χ3n) is 2.81. The fourth-order valence-electron chi connectivity index (χ4n) is 1.72. The van der Waals surface area contributed by atoms with E-state index in [9.17, 15) is 30.3 Å². The molecule has 1 aliphatic rings. The summed E-state index contributed by atoms with van der Waals surface area (Å²) in [4.78, 5) is 10.8. The molecular formula is C9H16O9. The second-order valence-corrected chi connectivity index (χ2v) is 4.07. The summed E-state index contributed by atoms with van der Waals surface area (Å²) in [5, 5.41) is 64.4. The molecule has 0 aliphatic carbocycles. The molecule has 7 N–H and O–H groups in total. The van der Waals surface area contributed by atoms with Gasteiger partial charge in [0.25, 0.3) is 0 Å². The van der Waals surface area contributed by atoms with Gasteiger partial charge in [-0.15, -0.1) is 0 Å².